The van der Waals surface area contributed by atoms with Gasteiger partial charge in [-0.3, -0.25) is 5.41 Å². The Kier molecular flexibility index (Phi) is 5.93. The fourth-order valence-corrected chi connectivity index (χ4v) is 1.79. The number of hydrogen-bond acceptors (Lipinski definition) is 2. The van der Waals surface area contributed by atoms with E-state index >= 15 is 0 Å². The molecule has 0 amide bonds. The summed E-state index contributed by atoms with van der Waals surface area (Å²) < 4.78 is 17.9. The van der Waals surface area contributed by atoms with Gasteiger partial charge in [-0.2, -0.15) is 0 Å². The van der Waals surface area contributed by atoms with Crippen LogP contribution in [-0.2, 0) is 17.9 Å². The summed E-state index contributed by atoms with van der Waals surface area (Å²) in [5.74, 6) is -0.0588. The maximum absolute atomic E-state index is 11.9. The molecule has 0 saturated heterocycles. The molecule has 0 saturated carbocycles. The summed E-state index contributed by atoms with van der Waals surface area (Å²) in [5, 5.41) is 9.77. The van der Waals surface area contributed by atoms with Crippen molar-refractivity contribution in [2.75, 3.05) is 13.3 Å². The van der Waals surface area contributed by atoms with Gasteiger partial charge in [0.25, 0.3) is 0 Å². The van der Waals surface area contributed by atoms with Crippen LogP contribution in [0.1, 0.15) is 11.1 Å². The number of rotatable bonds is 6. The zero-order valence-corrected chi connectivity index (χ0v) is 10.9. The number of benzene rings is 1. The maximum Gasteiger partial charge on any atom is 0.185 e. The van der Waals surface area contributed by atoms with Crippen molar-refractivity contribution in [2.24, 2.45) is 5.73 Å². The number of nitrogens with one attached hydrogen (secondary N) is 2. The highest BCUT2D eigenvalue weighted by Gasteiger charge is 2.02. The molecule has 17 heavy (non-hydrogen) atoms. The molecule has 6 heteroatoms. The van der Waals surface area contributed by atoms with E-state index < -0.39 is 6.67 Å². The van der Waals surface area contributed by atoms with Gasteiger partial charge in [-0.15, -0.1) is 0 Å². The summed E-state index contributed by atoms with van der Waals surface area (Å²) in [6, 6.07) is 5.73. The third-order valence-corrected chi connectivity index (χ3v) is 2.82. The van der Waals surface area contributed by atoms with Crippen molar-refractivity contribution in [1.82, 2.24) is 5.32 Å². The van der Waals surface area contributed by atoms with Crippen LogP contribution >= 0.6 is 15.9 Å². The Morgan fingerprint density at radius 3 is 2.88 bits per heavy atom. The fourth-order valence-electron chi connectivity index (χ4n) is 1.25. The molecule has 4 N–H and O–H groups in total. The largest absolute Gasteiger partial charge is 0.374 e. The van der Waals surface area contributed by atoms with Gasteiger partial charge in [0, 0.05) is 11.0 Å². The lowest BCUT2D eigenvalue weighted by Crippen LogP contribution is -2.29. The molecule has 4 nitrogen and oxygen atoms in total. The van der Waals surface area contributed by atoms with Crippen LogP contribution in [0.2, 0.25) is 0 Å². The maximum atomic E-state index is 11.9. The number of guanidine groups is 1. The third-order valence-electron chi connectivity index (χ3n) is 2.08. The molecule has 1 aromatic rings. The first kappa shape index (κ1) is 13.9. The lowest BCUT2D eigenvalue weighted by molar-refractivity contribution is 0.106. The van der Waals surface area contributed by atoms with Crippen molar-refractivity contribution in [1.29, 1.82) is 5.41 Å². The highest BCUT2D eigenvalue weighted by atomic mass is 79.9. The highest BCUT2D eigenvalue weighted by molar-refractivity contribution is 9.10. The molecular weight excluding hydrogens is 288 g/mol. The van der Waals surface area contributed by atoms with Crippen LogP contribution in [0.5, 0.6) is 0 Å². The SMILES string of the molecule is N=C(N)NCc1ccc(COCC[18F])c(Br)c1. The first-order valence-corrected chi connectivity index (χ1v) is 5.91. The van der Waals surface area contributed by atoms with E-state index in [0.717, 1.165) is 15.6 Å². The van der Waals surface area contributed by atoms with Gasteiger partial charge in [0.15, 0.2) is 5.96 Å². The van der Waals surface area contributed by atoms with E-state index in [4.69, 9.17) is 15.9 Å². The normalized spacial score (nSPS) is 10.2. The molecule has 0 bridgehead atoms. The Labute approximate surface area is 108 Å². The van der Waals surface area contributed by atoms with Crippen molar-refractivity contribution < 1.29 is 9.13 Å². The second kappa shape index (κ2) is 7.24. The van der Waals surface area contributed by atoms with Crippen molar-refractivity contribution in [3.8, 4) is 0 Å². The molecule has 0 aliphatic rings. The predicted molar refractivity (Wildman–Crippen MR) is 68.5 cm³/mol. The van der Waals surface area contributed by atoms with E-state index in [2.05, 4.69) is 21.2 Å². The van der Waals surface area contributed by atoms with Crippen LogP contribution in [0.15, 0.2) is 22.7 Å². The highest BCUT2D eigenvalue weighted by Crippen LogP contribution is 2.19. The van der Waals surface area contributed by atoms with Crippen molar-refractivity contribution in [3.05, 3.63) is 33.8 Å². The minimum Gasteiger partial charge on any atom is -0.374 e. The lowest BCUT2D eigenvalue weighted by atomic mass is 10.1. The summed E-state index contributed by atoms with van der Waals surface area (Å²) in [6.07, 6.45) is 0. The molecule has 0 aliphatic heterocycles. The Bertz CT molecular complexity index is 387. The quantitative estimate of drug-likeness (QED) is 0.427. The first-order valence-electron chi connectivity index (χ1n) is 5.12. The van der Waals surface area contributed by atoms with Crippen molar-refractivity contribution in [2.45, 2.75) is 13.2 Å². The van der Waals surface area contributed by atoms with Gasteiger partial charge in [0.1, 0.15) is 6.67 Å². The number of halogens is 2. The van der Waals surface area contributed by atoms with Gasteiger partial charge in [-0.25, -0.2) is 4.39 Å². The van der Waals surface area contributed by atoms with E-state index in [1.54, 1.807) is 0 Å². The van der Waals surface area contributed by atoms with E-state index in [-0.39, 0.29) is 12.6 Å². The van der Waals surface area contributed by atoms with E-state index in [9.17, 15) is 4.39 Å². The molecule has 1 aromatic carbocycles. The van der Waals surface area contributed by atoms with Crippen molar-refractivity contribution >= 4 is 21.9 Å². The molecule has 0 aromatic heterocycles. The minimum absolute atomic E-state index is 0.0588. The van der Waals surface area contributed by atoms with Crippen LogP contribution < -0.4 is 11.1 Å². The minimum atomic E-state index is -0.474. The van der Waals surface area contributed by atoms with Crippen LogP contribution in [0.3, 0.4) is 0 Å². The molecule has 94 valence electrons. The van der Waals surface area contributed by atoms with E-state index in [0.29, 0.717) is 13.2 Å². The Hall–Kier alpha value is -1.14. The molecule has 0 fully saturated rings. The Balaban J connectivity index is 2.56. The van der Waals surface area contributed by atoms with Gasteiger partial charge < -0.3 is 15.8 Å². The van der Waals surface area contributed by atoms with Crippen LogP contribution in [-0.4, -0.2) is 19.2 Å². The summed E-state index contributed by atoms with van der Waals surface area (Å²) in [5.41, 5.74) is 7.16. The fraction of sp³-hybridized carbons (Fsp3) is 0.364. The molecular formula is C11H15BrFN3O. The third kappa shape index (κ3) is 5.14. The second-order valence-electron chi connectivity index (χ2n) is 3.43. The molecule has 0 aliphatic carbocycles. The van der Waals surface area contributed by atoms with E-state index in [1.165, 1.54) is 0 Å². The van der Waals surface area contributed by atoms with Crippen molar-refractivity contribution in [3.63, 3.8) is 0 Å². The van der Waals surface area contributed by atoms with Gasteiger partial charge in [0.05, 0.1) is 13.2 Å². The summed E-state index contributed by atoms with van der Waals surface area (Å²) in [4.78, 5) is 0. The monoisotopic (exact) mass is 302 g/mol. The van der Waals surface area contributed by atoms with Crippen LogP contribution in [0, 0.1) is 5.41 Å². The Morgan fingerprint density at radius 2 is 2.29 bits per heavy atom. The van der Waals surface area contributed by atoms with Gasteiger partial charge in [0.2, 0.25) is 0 Å². The predicted octanol–water partition coefficient (Wildman–Crippen LogP) is 1.92. The average Bonchev–Trinajstić information content (AvgIpc) is 2.29. The molecule has 0 unspecified atom stereocenters. The second-order valence-corrected chi connectivity index (χ2v) is 4.29. The van der Waals surface area contributed by atoms with Gasteiger partial charge in [-0.05, 0) is 17.2 Å². The number of nitrogens with two attached hydrogens (primary N) is 1. The summed E-state index contributed by atoms with van der Waals surface area (Å²) in [7, 11) is 0. The smallest absolute Gasteiger partial charge is 0.185 e. The number of ether oxygens (including phenoxy) is 1. The number of alkyl halides is 1. The Morgan fingerprint density at radius 1 is 1.53 bits per heavy atom. The van der Waals surface area contributed by atoms with Crippen LogP contribution in [0.4, 0.5) is 4.39 Å². The standard InChI is InChI=1S/C11H15BrFN3O/c12-10-5-8(6-16-11(14)15)1-2-9(10)7-17-4-3-13/h1-2,5H,3-4,6-7H2,(H4,14,15,16)/i13-1. The topological polar surface area (TPSA) is 71.1 Å². The average molecular weight is 303 g/mol. The molecule has 1 rings (SSSR count). The lowest BCUT2D eigenvalue weighted by Gasteiger charge is -2.08. The molecule has 0 heterocycles. The summed E-state index contributed by atoms with van der Waals surface area (Å²) >= 11 is 3.42. The van der Waals surface area contributed by atoms with Gasteiger partial charge >= 0.3 is 0 Å². The zero-order chi connectivity index (χ0) is 12.7. The number of hydrogen-bond donors (Lipinski definition) is 3. The first-order chi connectivity index (χ1) is 8.13. The summed E-state index contributed by atoms with van der Waals surface area (Å²) in [6.45, 7) is 0.517. The molecule has 0 radical (unpaired) electrons. The van der Waals surface area contributed by atoms with E-state index in [1.807, 2.05) is 18.2 Å². The molecule has 0 spiro atoms. The molecule has 0 atom stereocenters. The van der Waals surface area contributed by atoms with Gasteiger partial charge in [-0.1, -0.05) is 28.1 Å². The van der Waals surface area contributed by atoms with Crippen LogP contribution in [0.25, 0.3) is 0 Å². The zero-order valence-electron chi connectivity index (χ0n) is 9.30.